The fourth-order valence-corrected chi connectivity index (χ4v) is 3.82. The highest BCUT2D eigenvalue weighted by Gasteiger charge is 2.73. The van der Waals surface area contributed by atoms with E-state index in [-0.39, 0.29) is 38.7 Å². The summed E-state index contributed by atoms with van der Waals surface area (Å²) in [5.41, 5.74) is -6.76. The number of aromatic nitrogens is 1. The average Bonchev–Trinajstić information content (AvgIpc) is 3.14. The maximum Gasteiger partial charge on any atom is 0.435 e. The van der Waals surface area contributed by atoms with Gasteiger partial charge in [-0.2, -0.15) is 26.3 Å². The number of hydrogen-bond donors (Lipinski definition) is 0. The van der Waals surface area contributed by atoms with Crippen LogP contribution in [-0.2, 0) is 5.67 Å². The molecule has 0 aliphatic rings. The summed E-state index contributed by atoms with van der Waals surface area (Å²) in [4.78, 5) is 11.5. The number of nitrogens with zero attached hydrogens (tertiary/aromatic N) is 1. The summed E-state index contributed by atoms with van der Waals surface area (Å²) >= 11 is 11.4. The van der Waals surface area contributed by atoms with Gasteiger partial charge in [-0.1, -0.05) is 28.9 Å². The number of halogens is 9. The van der Waals surface area contributed by atoms with Gasteiger partial charge >= 0.3 is 18.0 Å². The second-order valence-corrected chi connectivity index (χ2v) is 7.93. The van der Waals surface area contributed by atoms with Gasteiger partial charge in [-0.25, -0.2) is 4.39 Å². The number of rotatable bonds is 4. The van der Waals surface area contributed by atoms with E-state index in [2.05, 4.69) is 5.16 Å². The van der Waals surface area contributed by atoms with E-state index in [1.54, 1.807) is 0 Å². The molecule has 0 amide bonds. The normalized spacial score (nSPS) is 12.8. The quantitative estimate of drug-likeness (QED) is 0.262. The Morgan fingerprint density at radius 2 is 1.45 bits per heavy atom. The van der Waals surface area contributed by atoms with Gasteiger partial charge in [0.25, 0.3) is 5.24 Å². The third-order valence-electron chi connectivity index (χ3n) is 4.94. The van der Waals surface area contributed by atoms with Crippen LogP contribution in [0.15, 0.2) is 40.9 Å². The Labute approximate surface area is 192 Å². The monoisotopic (exact) mass is 513 g/mol. The molecular formula is C21H12Cl2F7NO2. The van der Waals surface area contributed by atoms with E-state index in [9.17, 15) is 35.5 Å². The average molecular weight is 514 g/mol. The number of carbonyl (C=O) groups is 1. The van der Waals surface area contributed by atoms with E-state index in [1.807, 2.05) is 0 Å². The molecule has 2 aromatic carbocycles. The molecule has 3 nitrogen and oxygen atoms in total. The minimum absolute atomic E-state index is 0.0101. The molecule has 1 aromatic heterocycles. The number of aryl methyl sites for hydroxylation is 2. The second-order valence-electron chi connectivity index (χ2n) is 7.18. The van der Waals surface area contributed by atoms with Crippen molar-refractivity contribution in [1.82, 2.24) is 5.16 Å². The van der Waals surface area contributed by atoms with E-state index in [4.69, 9.17) is 27.7 Å². The number of hydrogen-bond acceptors (Lipinski definition) is 3. The fourth-order valence-electron chi connectivity index (χ4n) is 3.41. The molecule has 0 fully saturated rings. The zero-order valence-electron chi connectivity index (χ0n) is 16.6. The Hall–Kier alpha value is -2.59. The highest BCUT2D eigenvalue weighted by molar-refractivity contribution is 6.68. The smallest absolute Gasteiger partial charge is 0.356 e. The molecule has 0 atom stereocenters. The Morgan fingerprint density at radius 3 is 1.94 bits per heavy atom. The van der Waals surface area contributed by atoms with Gasteiger partial charge in [0.15, 0.2) is 5.76 Å². The van der Waals surface area contributed by atoms with Gasteiger partial charge in [0.1, 0.15) is 5.69 Å². The molecule has 0 radical (unpaired) electrons. The molecule has 33 heavy (non-hydrogen) atoms. The Morgan fingerprint density at radius 1 is 0.909 bits per heavy atom. The third-order valence-corrected chi connectivity index (χ3v) is 5.47. The largest absolute Gasteiger partial charge is 0.435 e. The molecule has 0 spiro atoms. The third kappa shape index (κ3) is 4.33. The molecule has 0 saturated heterocycles. The number of benzene rings is 2. The van der Waals surface area contributed by atoms with Crippen molar-refractivity contribution >= 4 is 28.4 Å². The van der Waals surface area contributed by atoms with Gasteiger partial charge in [0, 0.05) is 22.8 Å². The van der Waals surface area contributed by atoms with Crippen molar-refractivity contribution in [2.75, 3.05) is 0 Å². The van der Waals surface area contributed by atoms with Crippen molar-refractivity contribution in [3.05, 3.63) is 63.7 Å². The lowest BCUT2D eigenvalue weighted by Crippen LogP contribution is -2.50. The zero-order valence-corrected chi connectivity index (χ0v) is 18.1. The summed E-state index contributed by atoms with van der Waals surface area (Å²) in [6, 6.07) is 6.51. The lowest BCUT2D eigenvalue weighted by atomic mass is 9.88. The van der Waals surface area contributed by atoms with Crippen molar-refractivity contribution in [3.8, 4) is 22.6 Å². The summed E-state index contributed by atoms with van der Waals surface area (Å²) in [7, 11) is 0. The first-order valence-corrected chi connectivity index (χ1v) is 9.74. The maximum atomic E-state index is 14.5. The summed E-state index contributed by atoms with van der Waals surface area (Å²) in [5, 5.41) is 3.07. The highest BCUT2D eigenvalue weighted by Crippen LogP contribution is 2.54. The van der Waals surface area contributed by atoms with E-state index >= 15 is 0 Å². The molecule has 3 aromatic rings. The van der Waals surface area contributed by atoms with Crippen LogP contribution in [0.4, 0.5) is 30.7 Å². The van der Waals surface area contributed by atoms with Crippen LogP contribution in [0.1, 0.15) is 27.0 Å². The fraction of sp³-hybridized carbons (Fsp3) is 0.238. The molecule has 0 bridgehead atoms. The van der Waals surface area contributed by atoms with Gasteiger partial charge in [0.05, 0.1) is 10.6 Å². The predicted octanol–water partition coefficient (Wildman–Crippen LogP) is 7.95. The zero-order chi connectivity index (χ0) is 24.9. The molecule has 0 aliphatic carbocycles. The standard InChI is InChI=1S/C21H12Cl2F7NO2/c1-9-5-12(19(24,20(25,26)27)21(28,29)30)6-10(2)17(9)15-8-16(33-31-15)11-3-4-14(22)13(7-11)18(23)32/h3-8H,1-2H3. The minimum atomic E-state index is -6.22. The SMILES string of the molecule is Cc1cc(C(F)(C(F)(F)F)C(F)(F)F)cc(C)c1-c1cc(-c2ccc(Cl)c(C(=O)Cl)c2)on1. The molecule has 0 N–H and O–H groups in total. The molecule has 176 valence electrons. The van der Waals surface area contributed by atoms with Crippen LogP contribution in [0.5, 0.6) is 0 Å². The Kier molecular flexibility index (Phi) is 6.31. The Balaban J connectivity index is 2.10. The van der Waals surface area contributed by atoms with Crippen LogP contribution in [0.3, 0.4) is 0 Å². The lowest BCUT2D eigenvalue weighted by Gasteiger charge is -2.31. The molecule has 0 saturated carbocycles. The minimum Gasteiger partial charge on any atom is -0.356 e. The van der Waals surface area contributed by atoms with Crippen molar-refractivity contribution in [3.63, 3.8) is 0 Å². The molecular weight excluding hydrogens is 502 g/mol. The summed E-state index contributed by atoms with van der Waals surface area (Å²) in [5.74, 6) is 0.120. The second kappa shape index (κ2) is 8.32. The van der Waals surface area contributed by atoms with Gasteiger partial charge in [-0.3, -0.25) is 4.79 Å². The van der Waals surface area contributed by atoms with Crippen molar-refractivity contribution in [2.24, 2.45) is 0 Å². The van der Waals surface area contributed by atoms with Crippen LogP contribution in [-0.4, -0.2) is 22.8 Å². The summed E-state index contributed by atoms with van der Waals surface area (Å²) in [6.45, 7) is 2.44. The van der Waals surface area contributed by atoms with Gasteiger partial charge < -0.3 is 4.52 Å². The van der Waals surface area contributed by atoms with Crippen molar-refractivity contribution < 1.29 is 40.1 Å². The van der Waals surface area contributed by atoms with Gasteiger partial charge in [-0.15, -0.1) is 0 Å². The molecule has 0 unspecified atom stereocenters. The Bertz CT molecular complexity index is 1200. The highest BCUT2D eigenvalue weighted by atomic mass is 35.5. The molecule has 1 heterocycles. The van der Waals surface area contributed by atoms with Crippen molar-refractivity contribution in [1.29, 1.82) is 0 Å². The predicted molar refractivity (Wildman–Crippen MR) is 107 cm³/mol. The molecule has 0 aliphatic heterocycles. The number of alkyl halides is 7. The van der Waals surface area contributed by atoms with Crippen molar-refractivity contribution in [2.45, 2.75) is 31.9 Å². The van der Waals surface area contributed by atoms with E-state index in [1.165, 1.54) is 38.1 Å². The van der Waals surface area contributed by atoms with Crippen LogP contribution in [0, 0.1) is 13.8 Å². The van der Waals surface area contributed by atoms with Gasteiger partial charge in [-0.05, 0) is 54.8 Å². The van der Waals surface area contributed by atoms with Gasteiger partial charge in [0.2, 0.25) is 0 Å². The number of carbonyl (C=O) groups excluding carboxylic acids is 1. The van der Waals surface area contributed by atoms with E-state index in [0.717, 1.165) is 0 Å². The first kappa shape index (κ1) is 25.0. The van der Waals surface area contributed by atoms with Crippen LogP contribution >= 0.6 is 23.2 Å². The summed E-state index contributed by atoms with van der Waals surface area (Å²) in [6.07, 6.45) is -12.4. The van der Waals surface area contributed by atoms with Crippen LogP contribution < -0.4 is 0 Å². The molecule has 12 heteroatoms. The maximum absolute atomic E-state index is 14.5. The molecule has 3 rings (SSSR count). The first-order chi connectivity index (χ1) is 15.1. The summed E-state index contributed by atoms with van der Waals surface area (Å²) < 4.78 is 98.4. The van der Waals surface area contributed by atoms with E-state index < -0.39 is 28.8 Å². The van der Waals surface area contributed by atoms with E-state index in [0.29, 0.717) is 17.7 Å². The van der Waals surface area contributed by atoms with Crippen LogP contribution in [0.25, 0.3) is 22.6 Å². The van der Waals surface area contributed by atoms with Crippen LogP contribution in [0.2, 0.25) is 5.02 Å². The lowest BCUT2D eigenvalue weighted by molar-refractivity contribution is -0.348. The first-order valence-electron chi connectivity index (χ1n) is 8.99. The topological polar surface area (TPSA) is 43.1 Å².